The summed E-state index contributed by atoms with van der Waals surface area (Å²) < 4.78 is 6.39. The van der Waals surface area contributed by atoms with Gasteiger partial charge in [-0.2, -0.15) is 0 Å². The van der Waals surface area contributed by atoms with E-state index >= 15 is 0 Å². The lowest BCUT2D eigenvalue weighted by Gasteiger charge is -2.36. The van der Waals surface area contributed by atoms with Crippen molar-refractivity contribution in [1.29, 1.82) is 0 Å². The smallest absolute Gasteiger partial charge is 0.354 e. The van der Waals surface area contributed by atoms with Crippen LogP contribution in [0.3, 0.4) is 0 Å². The van der Waals surface area contributed by atoms with Crippen molar-refractivity contribution in [3.05, 3.63) is 166 Å². The molecule has 7 heteroatoms. The minimum absolute atomic E-state index is 0.0809. The van der Waals surface area contributed by atoms with Crippen molar-refractivity contribution < 1.29 is 24.5 Å². The molecule has 0 fully saturated rings. The summed E-state index contributed by atoms with van der Waals surface area (Å²) in [6.45, 7) is 2.02. The second-order valence-electron chi connectivity index (χ2n) is 12.7. The normalized spacial score (nSPS) is 13.9. The number of hydrogen-bond acceptors (Lipinski definition) is 5. The highest BCUT2D eigenvalue weighted by Crippen LogP contribution is 2.34. The van der Waals surface area contributed by atoms with E-state index in [-0.39, 0.29) is 17.3 Å². The van der Waals surface area contributed by atoms with Crippen LogP contribution in [0.4, 0.5) is 0 Å². The zero-order chi connectivity index (χ0) is 34.0. The number of benzene rings is 4. The third kappa shape index (κ3) is 9.00. The Morgan fingerprint density at radius 2 is 1.31 bits per heavy atom. The Balaban J connectivity index is 1.13. The number of aryl methyl sites for hydroxylation is 3. The number of aromatic nitrogens is 1. The summed E-state index contributed by atoms with van der Waals surface area (Å²) in [5, 5.41) is 18.8. The van der Waals surface area contributed by atoms with Crippen molar-refractivity contribution >= 4 is 11.9 Å². The van der Waals surface area contributed by atoms with Gasteiger partial charge in [0.05, 0.1) is 5.56 Å². The summed E-state index contributed by atoms with van der Waals surface area (Å²) in [6.07, 6.45) is 6.21. The molecule has 0 aliphatic heterocycles. The molecule has 0 spiro atoms. The van der Waals surface area contributed by atoms with Gasteiger partial charge in [-0.15, -0.1) is 0 Å². The fraction of sp³-hybridized carbons (Fsp3) is 0.262. The molecule has 2 N–H and O–H groups in total. The maximum Gasteiger partial charge on any atom is 0.354 e. The van der Waals surface area contributed by atoms with E-state index in [1.165, 1.54) is 11.1 Å². The lowest BCUT2D eigenvalue weighted by molar-refractivity contribution is 0.0682. The van der Waals surface area contributed by atoms with Crippen molar-refractivity contribution in [2.45, 2.75) is 57.6 Å². The van der Waals surface area contributed by atoms with Gasteiger partial charge in [0, 0.05) is 24.8 Å². The molecule has 0 saturated carbocycles. The van der Waals surface area contributed by atoms with Crippen LogP contribution in [0.15, 0.2) is 115 Å². The summed E-state index contributed by atoms with van der Waals surface area (Å²) in [6, 6.07) is 38.2. The Morgan fingerprint density at radius 3 is 2.04 bits per heavy atom. The van der Waals surface area contributed by atoms with Crippen LogP contribution >= 0.6 is 0 Å². The molecular formula is C42H42N2O5. The molecule has 250 valence electrons. The molecule has 5 aromatic rings. The van der Waals surface area contributed by atoms with Crippen LogP contribution in [0.5, 0.6) is 5.75 Å². The van der Waals surface area contributed by atoms with Crippen molar-refractivity contribution in [3.63, 3.8) is 0 Å². The maximum atomic E-state index is 11.6. The first-order chi connectivity index (χ1) is 23.9. The number of carbonyl (C=O) groups is 2. The lowest BCUT2D eigenvalue weighted by Crippen LogP contribution is -2.35. The minimum Gasteiger partial charge on any atom is -0.489 e. The molecule has 1 heterocycles. The van der Waals surface area contributed by atoms with Gasteiger partial charge in [0.1, 0.15) is 18.1 Å². The number of aromatic carboxylic acids is 2. The number of pyridine rings is 1. The number of carboxylic acid groups (broad SMARTS) is 2. The van der Waals surface area contributed by atoms with Crippen molar-refractivity contribution in [1.82, 2.24) is 9.88 Å². The number of para-hydroxylation sites is 1. The van der Waals surface area contributed by atoms with Gasteiger partial charge in [0.2, 0.25) is 0 Å². The lowest BCUT2D eigenvalue weighted by atomic mass is 9.89. The molecule has 0 saturated heterocycles. The van der Waals surface area contributed by atoms with E-state index in [1.807, 2.05) is 42.5 Å². The third-order valence-corrected chi connectivity index (χ3v) is 9.41. The Kier molecular flexibility index (Phi) is 11.1. The Labute approximate surface area is 287 Å². The van der Waals surface area contributed by atoms with Crippen molar-refractivity contribution in [2.75, 3.05) is 13.1 Å². The average molecular weight is 655 g/mol. The molecule has 0 amide bonds. The summed E-state index contributed by atoms with van der Waals surface area (Å²) in [5.74, 6) is -1.07. The van der Waals surface area contributed by atoms with E-state index in [0.29, 0.717) is 6.61 Å². The number of fused-ring (bicyclic) bond motifs is 1. The predicted molar refractivity (Wildman–Crippen MR) is 190 cm³/mol. The highest BCUT2D eigenvalue weighted by atomic mass is 16.5. The third-order valence-electron chi connectivity index (χ3n) is 9.41. The van der Waals surface area contributed by atoms with E-state index in [1.54, 1.807) is 18.2 Å². The van der Waals surface area contributed by atoms with Gasteiger partial charge in [-0.25, -0.2) is 14.6 Å². The van der Waals surface area contributed by atoms with Crippen LogP contribution in [0, 0.1) is 0 Å². The number of rotatable bonds is 15. The molecule has 1 unspecified atom stereocenters. The topological polar surface area (TPSA) is 100.0 Å². The van der Waals surface area contributed by atoms with Crippen LogP contribution in [0.25, 0.3) is 0 Å². The number of hydrogen-bond donors (Lipinski definition) is 2. The fourth-order valence-corrected chi connectivity index (χ4v) is 6.65. The second kappa shape index (κ2) is 16.2. The Bertz CT molecular complexity index is 1860. The maximum absolute atomic E-state index is 11.6. The van der Waals surface area contributed by atoms with Crippen molar-refractivity contribution in [2.24, 2.45) is 0 Å². The van der Waals surface area contributed by atoms with Crippen LogP contribution in [-0.4, -0.2) is 45.1 Å². The Morgan fingerprint density at radius 1 is 0.673 bits per heavy atom. The summed E-state index contributed by atoms with van der Waals surface area (Å²) in [5.41, 5.74) is 8.29. The average Bonchev–Trinajstić information content (AvgIpc) is 3.14. The first-order valence-corrected chi connectivity index (χ1v) is 17.0. The minimum atomic E-state index is -1.01. The van der Waals surface area contributed by atoms with Gasteiger partial charge in [-0.05, 0) is 103 Å². The zero-order valence-corrected chi connectivity index (χ0v) is 27.6. The van der Waals surface area contributed by atoms with Gasteiger partial charge < -0.3 is 14.9 Å². The molecule has 4 aromatic carbocycles. The highest BCUT2D eigenvalue weighted by molar-refractivity contribution is 5.87. The second-order valence-corrected chi connectivity index (χ2v) is 12.7. The quantitative estimate of drug-likeness (QED) is 0.118. The molecule has 1 aliphatic rings. The van der Waals surface area contributed by atoms with Gasteiger partial charge in [-0.1, -0.05) is 91.0 Å². The van der Waals surface area contributed by atoms with Crippen molar-refractivity contribution in [3.8, 4) is 5.75 Å². The number of ether oxygens (including phenoxy) is 1. The highest BCUT2D eigenvalue weighted by Gasteiger charge is 2.28. The SMILES string of the molecule is O=C(O)c1ccc(CCN(CCc2ccccc2OCc2ccc(CCc3ccccc3)cc2)C2CCCc3nc(C(=O)O)ccc32)cc1. The largest absolute Gasteiger partial charge is 0.489 e. The summed E-state index contributed by atoms with van der Waals surface area (Å²) in [4.78, 5) is 30.0. The van der Waals surface area contributed by atoms with Crippen LogP contribution < -0.4 is 4.74 Å². The van der Waals surface area contributed by atoms with Crippen LogP contribution in [0.1, 0.15) is 78.8 Å². The van der Waals surface area contributed by atoms with E-state index < -0.39 is 11.9 Å². The monoisotopic (exact) mass is 654 g/mol. The molecular weight excluding hydrogens is 612 g/mol. The first kappa shape index (κ1) is 33.6. The summed E-state index contributed by atoms with van der Waals surface area (Å²) >= 11 is 0. The standard InChI is InChI=1S/C42H42N2O5/c45-41(46)35-21-19-32(20-22-35)25-27-44(39-11-6-10-37-36(39)23-24-38(43-37)42(47)48)28-26-34-9-4-5-12-40(34)49-29-33-17-15-31(16-18-33)14-13-30-7-2-1-3-8-30/h1-5,7-9,12,15-24,39H,6,10-11,13-14,25-29H2,(H,45,46)(H,47,48). The molecule has 1 atom stereocenters. The van der Waals surface area contributed by atoms with E-state index in [0.717, 1.165) is 91.7 Å². The number of nitrogens with zero attached hydrogens (tertiary/aromatic N) is 2. The molecule has 0 radical (unpaired) electrons. The molecule has 7 nitrogen and oxygen atoms in total. The fourth-order valence-electron chi connectivity index (χ4n) is 6.65. The van der Waals surface area contributed by atoms with Gasteiger partial charge in [0.25, 0.3) is 0 Å². The van der Waals surface area contributed by atoms with Gasteiger partial charge in [-0.3, -0.25) is 4.90 Å². The van der Waals surface area contributed by atoms with E-state index in [2.05, 4.69) is 64.5 Å². The van der Waals surface area contributed by atoms with Gasteiger partial charge >= 0.3 is 11.9 Å². The molecule has 6 rings (SSSR count). The molecule has 0 bridgehead atoms. The predicted octanol–water partition coefficient (Wildman–Crippen LogP) is 8.01. The molecule has 1 aromatic heterocycles. The molecule has 1 aliphatic carbocycles. The summed E-state index contributed by atoms with van der Waals surface area (Å²) in [7, 11) is 0. The first-order valence-electron chi connectivity index (χ1n) is 17.0. The van der Waals surface area contributed by atoms with Crippen LogP contribution in [0.2, 0.25) is 0 Å². The van der Waals surface area contributed by atoms with Crippen LogP contribution in [-0.2, 0) is 38.7 Å². The number of carboxylic acids is 2. The molecule has 49 heavy (non-hydrogen) atoms. The van der Waals surface area contributed by atoms with E-state index in [4.69, 9.17) is 4.74 Å². The Hall–Kier alpha value is -5.27. The van der Waals surface area contributed by atoms with Gasteiger partial charge in [0.15, 0.2) is 0 Å². The van der Waals surface area contributed by atoms with E-state index in [9.17, 15) is 19.8 Å². The zero-order valence-electron chi connectivity index (χ0n) is 27.6.